The lowest BCUT2D eigenvalue weighted by molar-refractivity contribution is 0.156. The minimum absolute atomic E-state index is 0.154. The number of rotatable bonds is 3. The molecular weight excluding hydrogens is 290 g/mol. The molecule has 0 bridgehead atoms. The summed E-state index contributed by atoms with van der Waals surface area (Å²) in [5.74, 6) is 0.602. The number of hydrogen-bond acceptors (Lipinski definition) is 3. The zero-order valence-corrected chi connectivity index (χ0v) is 13.8. The van der Waals surface area contributed by atoms with E-state index in [9.17, 15) is 4.79 Å². The topological polar surface area (TPSA) is 63.1 Å². The largest absolute Gasteiger partial charge is 0.335 e. The minimum Gasteiger partial charge on any atom is -0.335 e. The lowest BCUT2D eigenvalue weighted by Crippen LogP contribution is -2.49. The van der Waals surface area contributed by atoms with Gasteiger partial charge in [0.15, 0.2) is 0 Å². The third kappa shape index (κ3) is 3.51. The molecule has 2 aliphatic carbocycles. The van der Waals surface area contributed by atoms with Gasteiger partial charge in [-0.1, -0.05) is 0 Å². The zero-order valence-electron chi connectivity index (χ0n) is 13.8. The van der Waals surface area contributed by atoms with Crippen LogP contribution in [0.5, 0.6) is 0 Å². The smallest absolute Gasteiger partial charge is 0.317 e. The van der Waals surface area contributed by atoms with Crippen LogP contribution in [0.3, 0.4) is 0 Å². The van der Waals surface area contributed by atoms with Crippen LogP contribution in [0, 0.1) is 11.3 Å². The molecule has 2 heterocycles. The second kappa shape index (κ2) is 6.13. The molecule has 0 aromatic carbocycles. The van der Waals surface area contributed by atoms with Gasteiger partial charge in [-0.05, 0) is 62.7 Å². The van der Waals surface area contributed by atoms with Gasteiger partial charge in [0, 0.05) is 25.7 Å². The fraction of sp³-hybridized carbons (Fsp3) is 0.824. The molecule has 6 heteroatoms. The zero-order chi connectivity index (χ0) is 15.7. The van der Waals surface area contributed by atoms with Crippen LogP contribution < -0.4 is 5.32 Å². The molecule has 0 radical (unpaired) electrons. The maximum atomic E-state index is 12.5. The molecule has 3 fully saturated rings. The molecule has 1 spiro atoms. The minimum atomic E-state index is 0.154. The molecule has 0 atom stereocenters. The van der Waals surface area contributed by atoms with Crippen LogP contribution in [0.4, 0.5) is 4.79 Å². The van der Waals surface area contributed by atoms with Crippen LogP contribution in [0.1, 0.15) is 51.4 Å². The van der Waals surface area contributed by atoms with E-state index in [1.54, 1.807) is 12.7 Å². The SMILES string of the molecule is O=C(NC1CCC2(CC1)CC2)N1CCC(Cn2cncn2)CC1. The van der Waals surface area contributed by atoms with Crippen molar-refractivity contribution < 1.29 is 4.79 Å². The van der Waals surface area contributed by atoms with E-state index in [1.165, 1.54) is 38.5 Å². The van der Waals surface area contributed by atoms with Crippen LogP contribution in [0.25, 0.3) is 0 Å². The maximum absolute atomic E-state index is 12.5. The standard InChI is InChI=1S/C17H27N5O/c23-16(20-15-1-5-17(6-2-15)7-8-17)21-9-3-14(4-10-21)11-22-13-18-12-19-22/h12-15H,1-11H2,(H,20,23). The van der Waals surface area contributed by atoms with Crippen molar-refractivity contribution in [3.63, 3.8) is 0 Å². The fourth-order valence-electron chi connectivity index (χ4n) is 4.23. The molecule has 2 saturated carbocycles. The fourth-order valence-corrected chi connectivity index (χ4v) is 4.23. The number of likely N-dealkylation sites (tertiary alicyclic amines) is 1. The molecule has 1 N–H and O–H groups in total. The number of hydrogen-bond donors (Lipinski definition) is 1. The summed E-state index contributed by atoms with van der Waals surface area (Å²) in [7, 11) is 0. The summed E-state index contributed by atoms with van der Waals surface area (Å²) >= 11 is 0. The van der Waals surface area contributed by atoms with E-state index in [0.29, 0.717) is 17.4 Å². The Morgan fingerprint density at radius 1 is 1.13 bits per heavy atom. The van der Waals surface area contributed by atoms with Gasteiger partial charge in [0.1, 0.15) is 12.7 Å². The van der Waals surface area contributed by atoms with Crippen molar-refractivity contribution >= 4 is 6.03 Å². The van der Waals surface area contributed by atoms with E-state index in [4.69, 9.17) is 0 Å². The third-order valence-electron chi connectivity index (χ3n) is 6.14. The number of carbonyl (C=O) groups is 1. The Hall–Kier alpha value is -1.59. The summed E-state index contributed by atoms with van der Waals surface area (Å²) in [5.41, 5.74) is 0.695. The van der Waals surface area contributed by atoms with Gasteiger partial charge in [-0.25, -0.2) is 9.78 Å². The van der Waals surface area contributed by atoms with Crippen molar-refractivity contribution in [2.75, 3.05) is 13.1 Å². The normalized spacial score (nSPS) is 24.8. The quantitative estimate of drug-likeness (QED) is 0.931. The maximum Gasteiger partial charge on any atom is 0.317 e. The Morgan fingerprint density at radius 3 is 2.48 bits per heavy atom. The number of piperidine rings is 1. The number of amides is 2. The van der Waals surface area contributed by atoms with Crippen molar-refractivity contribution in [2.45, 2.75) is 64.0 Å². The Labute approximate surface area is 137 Å². The lowest BCUT2D eigenvalue weighted by atomic mass is 9.83. The monoisotopic (exact) mass is 317 g/mol. The van der Waals surface area contributed by atoms with Crippen LogP contribution in [-0.4, -0.2) is 44.8 Å². The first-order valence-corrected chi connectivity index (χ1v) is 9.10. The van der Waals surface area contributed by atoms with Gasteiger partial charge in [0.05, 0.1) is 0 Å². The van der Waals surface area contributed by atoms with Gasteiger partial charge in [0.2, 0.25) is 0 Å². The van der Waals surface area contributed by atoms with Crippen LogP contribution in [0.2, 0.25) is 0 Å². The summed E-state index contributed by atoms with van der Waals surface area (Å²) < 4.78 is 1.90. The highest BCUT2D eigenvalue weighted by Crippen LogP contribution is 2.56. The number of urea groups is 1. The molecule has 0 unspecified atom stereocenters. The van der Waals surface area contributed by atoms with E-state index in [2.05, 4.69) is 15.4 Å². The molecule has 126 valence electrons. The summed E-state index contributed by atoms with van der Waals surface area (Å²) in [6.07, 6.45) is 13.3. The van der Waals surface area contributed by atoms with E-state index in [1.807, 2.05) is 9.58 Å². The predicted octanol–water partition coefficient (Wildman–Crippen LogP) is 2.42. The first-order chi connectivity index (χ1) is 11.2. The lowest BCUT2D eigenvalue weighted by Gasteiger charge is -2.35. The number of aromatic nitrogens is 3. The van der Waals surface area contributed by atoms with Crippen molar-refractivity contribution in [3.05, 3.63) is 12.7 Å². The molecule has 6 nitrogen and oxygen atoms in total. The van der Waals surface area contributed by atoms with Crippen molar-refractivity contribution in [2.24, 2.45) is 11.3 Å². The molecule has 4 rings (SSSR count). The molecule has 1 saturated heterocycles. The van der Waals surface area contributed by atoms with E-state index < -0.39 is 0 Å². The summed E-state index contributed by atoms with van der Waals surface area (Å²) in [6.45, 7) is 2.64. The summed E-state index contributed by atoms with van der Waals surface area (Å²) in [6, 6.07) is 0.558. The Morgan fingerprint density at radius 2 is 1.87 bits per heavy atom. The molecule has 1 aromatic heterocycles. The first kappa shape index (κ1) is 15.0. The van der Waals surface area contributed by atoms with Gasteiger partial charge >= 0.3 is 6.03 Å². The van der Waals surface area contributed by atoms with Gasteiger partial charge in [-0.2, -0.15) is 5.10 Å². The average molecular weight is 317 g/mol. The Balaban J connectivity index is 1.20. The highest BCUT2D eigenvalue weighted by atomic mass is 16.2. The third-order valence-corrected chi connectivity index (χ3v) is 6.14. The number of nitrogens with zero attached hydrogens (tertiary/aromatic N) is 4. The number of carbonyl (C=O) groups excluding carboxylic acids is 1. The van der Waals surface area contributed by atoms with Crippen molar-refractivity contribution in [3.8, 4) is 0 Å². The van der Waals surface area contributed by atoms with Crippen LogP contribution >= 0.6 is 0 Å². The van der Waals surface area contributed by atoms with Gasteiger partial charge in [-0.3, -0.25) is 4.68 Å². The number of nitrogens with one attached hydrogen (secondary N) is 1. The predicted molar refractivity (Wildman–Crippen MR) is 86.8 cm³/mol. The van der Waals surface area contributed by atoms with Crippen molar-refractivity contribution in [1.29, 1.82) is 0 Å². The molecule has 1 aromatic rings. The Kier molecular flexibility index (Phi) is 3.99. The Bertz CT molecular complexity index is 521. The summed E-state index contributed by atoms with van der Waals surface area (Å²) in [5, 5.41) is 7.45. The van der Waals surface area contributed by atoms with Gasteiger partial charge < -0.3 is 10.2 Å². The van der Waals surface area contributed by atoms with E-state index in [0.717, 1.165) is 32.5 Å². The second-order valence-electron chi connectivity index (χ2n) is 7.77. The van der Waals surface area contributed by atoms with Crippen LogP contribution in [0.15, 0.2) is 12.7 Å². The molecule has 23 heavy (non-hydrogen) atoms. The molecule has 2 amide bonds. The van der Waals surface area contributed by atoms with Crippen molar-refractivity contribution in [1.82, 2.24) is 25.0 Å². The molecule has 3 aliphatic rings. The average Bonchev–Trinajstić information content (AvgIpc) is 3.12. The van der Waals surface area contributed by atoms with E-state index >= 15 is 0 Å². The summed E-state index contributed by atoms with van der Waals surface area (Å²) in [4.78, 5) is 18.4. The van der Waals surface area contributed by atoms with Crippen LogP contribution in [-0.2, 0) is 6.54 Å². The van der Waals surface area contributed by atoms with Gasteiger partial charge in [-0.15, -0.1) is 0 Å². The highest BCUT2D eigenvalue weighted by molar-refractivity contribution is 5.74. The first-order valence-electron chi connectivity index (χ1n) is 9.10. The molecule has 1 aliphatic heterocycles. The highest BCUT2D eigenvalue weighted by Gasteiger charge is 2.45. The second-order valence-corrected chi connectivity index (χ2v) is 7.77. The van der Waals surface area contributed by atoms with Gasteiger partial charge in [0.25, 0.3) is 0 Å². The molecular formula is C17H27N5O. The van der Waals surface area contributed by atoms with E-state index in [-0.39, 0.29) is 6.03 Å².